The zero-order valence-corrected chi connectivity index (χ0v) is 17.2. The van der Waals surface area contributed by atoms with Crippen molar-refractivity contribution in [3.63, 3.8) is 0 Å². The van der Waals surface area contributed by atoms with Gasteiger partial charge in [-0.15, -0.1) is 5.10 Å². The average Bonchev–Trinajstić information content (AvgIpc) is 3.26. The third kappa shape index (κ3) is 4.98. The number of nitrogens with zero attached hydrogens (tertiary/aromatic N) is 3. The van der Waals surface area contributed by atoms with E-state index in [4.69, 9.17) is 13.9 Å². The van der Waals surface area contributed by atoms with Gasteiger partial charge in [0.25, 0.3) is 5.91 Å². The summed E-state index contributed by atoms with van der Waals surface area (Å²) in [4.78, 5) is 16.8. The molecule has 0 saturated carbocycles. The first-order valence-electron chi connectivity index (χ1n) is 10.2. The van der Waals surface area contributed by atoms with Crippen LogP contribution in [0.5, 0.6) is 6.08 Å². The Morgan fingerprint density at radius 2 is 2.06 bits per heavy atom. The fourth-order valence-electron chi connectivity index (χ4n) is 3.35. The minimum absolute atomic E-state index is 0.102. The average molecular weight is 450 g/mol. The summed E-state index contributed by atoms with van der Waals surface area (Å²) in [5, 5.41) is 10.9. The van der Waals surface area contributed by atoms with Crippen molar-refractivity contribution in [1.82, 2.24) is 20.5 Å². The van der Waals surface area contributed by atoms with E-state index >= 15 is 0 Å². The number of halogens is 3. The van der Waals surface area contributed by atoms with Crippen molar-refractivity contribution in [2.24, 2.45) is 0 Å². The molecule has 0 unspecified atom stereocenters. The molecule has 0 spiro atoms. The summed E-state index contributed by atoms with van der Waals surface area (Å²) in [5.41, 5.74) is -0.333. The van der Waals surface area contributed by atoms with Gasteiger partial charge in [0.1, 0.15) is 11.8 Å². The van der Waals surface area contributed by atoms with Crippen LogP contribution in [0.3, 0.4) is 0 Å². The zero-order chi connectivity index (χ0) is 22.7. The first-order chi connectivity index (χ1) is 15.3. The molecule has 1 saturated heterocycles. The predicted octanol–water partition coefficient (Wildman–Crippen LogP) is 4.08. The quantitative estimate of drug-likeness (QED) is 0.604. The van der Waals surface area contributed by atoms with Gasteiger partial charge in [0.15, 0.2) is 0 Å². The summed E-state index contributed by atoms with van der Waals surface area (Å²) in [5.74, 6) is -0.0952. The van der Waals surface area contributed by atoms with Gasteiger partial charge in [-0.3, -0.25) is 4.79 Å². The number of nitrogens with one attached hydrogen (secondary N) is 1. The van der Waals surface area contributed by atoms with E-state index in [9.17, 15) is 18.0 Å². The molecule has 1 aliphatic rings. The number of hydrogen-bond acceptors (Lipinski definition) is 7. The van der Waals surface area contributed by atoms with E-state index in [-0.39, 0.29) is 30.5 Å². The minimum Gasteiger partial charge on any atom is -0.449 e. The van der Waals surface area contributed by atoms with Crippen LogP contribution >= 0.6 is 0 Å². The van der Waals surface area contributed by atoms with Crippen molar-refractivity contribution < 1.29 is 31.9 Å². The fourth-order valence-corrected chi connectivity index (χ4v) is 3.35. The maximum absolute atomic E-state index is 12.9. The molecule has 3 aromatic rings. The van der Waals surface area contributed by atoms with Gasteiger partial charge in [0.2, 0.25) is 5.89 Å². The van der Waals surface area contributed by atoms with E-state index in [0.717, 1.165) is 18.6 Å². The van der Waals surface area contributed by atoms with E-state index in [1.165, 1.54) is 18.2 Å². The molecular formula is C21H21F3N4O4. The Hall–Kier alpha value is -3.21. The highest BCUT2D eigenvalue weighted by Crippen LogP contribution is 2.31. The molecule has 3 heterocycles. The molecule has 1 amide bonds. The zero-order valence-electron chi connectivity index (χ0n) is 17.2. The van der Waals surface area contributed by atoms with E-state index < -0.39 is 17.6 Å². The first-order valence-corrected chi connectivity index (χ1v) is 10.2. The van der Waals surface area contributed by atoms with Crippen molar-refractivity contribution >= 4 is 16.8 Å². The summed E-state index contributed by atoms with van der Waals surface area (Å²) < 4.78 is 55.0. The van der Waals surface area contributed by atoms with Crippen LogP contribution in [0.4, 0.5) is 13.2 Å². The lowest BCUT2D eigenvalue weighted by Crippen LogP contribution is -2.41. The molecule has 1 fully saturated rings. The first kappa shape index (κ1) is 22.0. The number of pyridine rings is 1. The lowest BCUT2D eigenvalue weighted by Gasteiger charge is -2.27. The van der Waals surface area contributed by atoms with Crippen LogP contribution in [-0.2, 0) is 10.9 Å². The van der Waals surface area contributed by atoms with Crippen molar-refractivity contribution in [1.29, 1.82) is 0 Å². The second-order valence-corrected chi connectivity index (χ2v) is 7.43. The fraction of sp³-hybridized carbons (Fsp3) is 0.429. The number of ether oxygens (including phenoxy) is 2. The second-order valence-electron chi connectivity index (χ2n) is 7.43. The Morgan fingerprint density at radius 3 is 2.78 bits per heavy atom. The molecular weight excluding hydrogens is 429 g/mol. The van der Waals surface area contributed by atoms with Crippen molar-refractivity contribution in [3.05, 3.63) is 47.5 Å². The maximum Gasteiger partial charge on any atom is 0.416 e. The van der Waals surface area contributed by atoms with Gasteiger partial charge in [-0.05, 0) is 43.5 Å². The van der Waals surface area contributed by atoms with Gasteiger partial charge in [-0.2, -0.15) is 13.2 Å². The molecule has 170 valence electrons. The Labute approximate surface area is 181 Å². The van der Waals surface area contributed by atoms with Gasteiger partial charge < -0.3 is 19.2 Å². The molecule has 1 N–H and O–H groups in total. The Balaban J connectivity index is 1.34. The van der Waals surface area contributed by atoms with Crippen LogP contribution in [0, 0.1) is 0 Å². The topological polar surface area (TPSA) is 99.4 Å². The standard InChI is InChI=1S/C21H21F3N4O4/c1-2-9-30-20-28-27-19(32-20)17-8-5-14(11-31-17)25-18(29)16-6-3-12-10-13(21(22,23)24)4-7-15(12)26-16/h3-4,6-7,10,14,17H,2,5,8-9,11H2,1H3,(H,25,29)/t14-,17+/m1/s1. The third-order valence-electron chi connectivity index (χ3n) is 4.99. The lowest BCUT2D eigenvalue weighted by molar-refractivity contribution is -0.137. The van der Waals surface area contributed by atoms with Gasteiger partial charge in [-0.25, -0.2) is 4.98 Å². The molecule has 2 aromatic heterocycles. The van der Waals surface area contributed by atoms with E-state index in [2.05, 4.69) is 20.5 Å². The number of carbonyl (C=O) groups excluding carboxylic acids is 1. The molecule has 32 heavy (non-hydrogen) atoms. The summed E-state index contributed by atoms with van der Waals surface area (Å²) in [6.45, 7) is 2.69. The van der Waals surface area contributed by atoms with Crippen molar-refractivity contribution in [3.8, 4) is 6.08 Å². The summed E-state index contributed by atoms with van der Waals surface area (Å²) in [6, 6.07) is 5.82. The Kier molecular flexibility index (Phi) is 6.26. The number of hydrogen-bond donors (Lipinski definition) is 1. The number of benzene rings is 1. The number of amides is 1. The summed E-state index contributed by atoms with van der Waals surface area (Å²) >= 11 is 0. The number of rotatable bonds is 6. The summed E-state index contributed by atoms with van der Waals surface area (Å²) in [6.07, 6.45) is -2.71. The van der Waals surface area contributed by atoms with Gasteiger partial charge in [0.05, 0.1) is 30.3 Å². The maximum atomic E-state index is 12.9. The third-order valence-corrected chi connectivity index (χ3v) is 4.99. The monoisotopic (exact) mass is 450 g/mol. The predicted molar refractivity (Wildman–Crippen MR) is 106 cm³/mol. The Morgan fingerprint density at radius 1 is 1.22 bits per heavy atom. The molecule has 0 aliphatic carbocycles. The van der Waals surface area contributed by atoms with Crippen LogP contribution < -0.4 is 10.1 Å². The molecule has 1 aliphatic heterocycles. The molecule has 4 rings (SSSR count). The number of alkyl halides is 3. The van der Waals surface area contributed by atoms with Crippen molar-refractivity contribution in [2.75, 3.05) is 13.2 Å². The van der Waals surface area contributed by atoms with Gasteiger partial charge >= 0.3 is 12.3 Å². The lowest BCUT2D eigenvalue weighted by atomic mass is 10.0. The molecule has 8 nitrogen and oxygen atoms in total. The number of carbonyl (C=O) groups is 1. The molecule has 0 bridgehead atoms. The van der Waals surface area contributed by atoms with Gasteiger partial charge in [-0.1, -0.05) is 18.1 Å². The van der Waals surface area contributed by atoms with Crippen molar-refractivity contribution in [2.45, 2.75) is 44.5 Å². The minimum atomic E-state index is -4.44. The van der Waals surface area contributed by atoms with Crippen LogP contribution in [0.2, 0.25) is 0 Å². The highest BCUT2D eigenvalue weighted by molar-refractivity contribution is 5.95. The Bertz CT molecular complexity index is 1090. The van der Waals surface area contributed by atoms with Crippen LogP contribution in [0.15, 0.2) is 34.7 Å². The molecule has 1 aromatic carbocycles. The SMILES string of the molecule is CCCOc1nnc([C@@H]2CC[C@@H](NC(=O)c3ccc4cc(C(F)(F)F)ccc4n3)CO2)o1. The number of aromatic nitrogens is 3. The molecule has 11 heteroatoms. The molecule has 0 radical (unpaired) electrons. The smallest absolute Gasteiger partial charge is 0.416 e. The largest absolute Gasteiger partial charge is 0.449 e. The number of fused-ring (bicyclic) bond motifs is 1. The van der Waals surface area contributed by atoms with Crippen LogP contribution in [0.25, 0.3) is 10.9 Å². The van der Waals surface area contributed by atoms with Crippen LogP contribution in [0.1, 0.15) is 54.2 Å². The van der Waals surface area contributed by atoms with Crippen LogP contribution in [-0.4, -0.2) is 40.3 Å². The highest BCUT2D eigenvalue weighted by atomic mass is 19.4. The molecule has 2 atom stereocenters. The highest BCUT2D eigenvalue weighted by Gasteiger charge is 2.31. The summed E-state index contributed by atoms with van der Waals surface area (Å²) in [7, 11) is 0. The van der Waals surface area contributed by atoms with Gasteiger partial charge in [0, 0.05) is 5.39 Å². The van der Waals surface area contributed by atoms with E-state index in [1.54, 1.807) is 0 Å². The second kappa shape index (κ2) is 9.11. The normalized spacial score (nSPS) is 19.1. The van der Waals surface area contributed by atoms with E-state index in [1.807, 2.05) is 6.92 Å². The van der Waals surface area contributed by atoms with E-state index in [0.29, 0.717) is 36.2 Å².